The Hall–Kier alpha value is -2.94. The average Bonchev–Trinajstić information content (AvgIpc) is 2.74. The minimum Gasteiger partial charge on any atom is -0.340 e. The molecule has 1 atom stereocenters. The molecule has 3 rings (SSSR count). The third-order valence-corrected chi connectivity index (χ3v) is 6.16. The normalized spacial score (nSPS) is 12.3. The lowest BCUT2D eigenvalue weighted by Gasteiger charge is -2.21. The summed E-state index contributed by atoms with van der Waals surface area (Å²) >= 11 is 1.22. The first-order valence-corrected chi connectivity index (χ1v) is 11.4. The molecule has 0 aliphatic rings. The predicted octanol–water partition coefficient (Wildman–Crippen LogP) is 2.59. The molecule has 32 heavy (non-hydrogen) atoms. The molecule has 1 aromatic carbocycles. The van der Waals surface area contributed by atoms with E-state index in [1.54, 1.807) is 25.8 Å². The maximum absolute atomic E-state index is 13.0. The zero-order valence-electron chi connectivity index (χ0n) is 19.3. The number of carbonyl (C=O) groups excluding carboxylic acids is 1. The number of aryl methyl sites for hydroxylation is 1. The van der Waals surface area contributed by atoms with Crippen LogP contribution in [0.1, 0.15) is 32.2 Å². The summed E-state index contributed by atoms with van der Waals surface area (Å²) in [7, 11) is 3.21. The zero-order valence-corrected chi connectivity index (χ0v) is 20.1. The summed E-state index contributed by atoms with van der Waals surface area (Å²) in [5, 5.41) is 0.213. The van der Waals surface area contributed by atoms with E-state index >= 15 is 0 Å². The molecular weight excluding hydrogens is 426 g/mol. The van der Waals surface area contributed by atoms with Gasteiger partial charge in [0.1, 0.15) is 16.2 Å². The van der Waals surface area contributed by atoms with Crippen molar-refractivity contribution in [1.29, 1.82) is 0 Å². The van der Waals surface area contributed by atoms with Gasteiger partial charge in [0, 0.05) is 27.2 Å². The summed E-state index contributed by atoms with van der Waals surface area (Å²) in [6.45, 7) is 8.43. The number of hydrogen-bond donors (Lipinski definition) is 0. The van der Waals surface area contributed by atoms with E-state index in [9.17, 15) is 14.4 Å². The second kappa shape index (κ2) is 9.68. The number of benzene rings is 1. The van der Waals surface area contributed by atoms with Gasteiger partial charge in [0.15, 0.2) is 5.65 Å². The fraction of sp³-hybridized carbons (Fsp3) is 0.435. The van der Waals surface area contributed by atoms with Crippen LogP contribution in [0.4, 0.5) is 0 Å². The smallest absolute Gasteiger partial charge is 0.332 e. The van der Waals surface area contributed by atoms with Crippen molar-refractivity contribution in [1.82, 2.24) is 24.0 Å². The first kappa shape index (κ1) is 23.7. The van der Waals surface area contributed by atoms with Gasteiger partial charge in [0.2, 0.25) is 5.91 Å². The number of fused-ring (bicyclic) bond motifs is 1. The molecule has 0 fully saturated rings. The summed E-state index contributed by atoms with van der Waals surface area (Å²) in [6, 6.07) is 9.76. The van der Waals surface area contributed by atoms with Crippen molar-refractivity contribution in [2.45, 2.75) is 51.1 Å². The van der Waals surface area contributed by atoms with Crippen molar-refractivity contribution < 1.29 is 4.79 Å². The Labute approximate surface area is 191 Å². The molecule has 0 N–H and O–H groups in total. The average molecular weight is 456 g/mol. The summed E-state index contributed by atoms with van der Waals surface area (Å²) in [6.07, 6.45) is 0. The molecule has 0 aliphatic heterocycles. The highest BCUT2D eigenvalue weighted by Gasteiger charge is 2.24. The molecule has 170 valence electrons. The van der Waals surface area contributed by atoms with E-state index in [4.69, 9.17) is 0 Å². The number of carbonyl (C=O) groups is 1. The first-order chi connectivity index (χ1) is 15.1. The van der Waals surface area contributed by atoms with E-state index < -0.39 is 16.5 Å². The molecule has 0 spiro atoms. The van der Waals surface area contributed by atoms with Crippen LogP contribution < -0.4 is 11.2 Å². The maximum Gasteiger partial charge on any atom is 0.332 e. The number of aromatic nitrogens is 4. The lowest BCUT2D eigenvalue weighted by atomic mass is 10.2. The largest absolute Gasteiger partial charge is 0.340 e. The standard InChI is InChI=1S/C23H29N5O3S/c1-14(2)12-28-19-18(22(30)27(6)23(28)31)20(25-16(4)24-19)32-15(3)21(29)26(5)13-17-10-8-7-9-11-17/h7-11,14-15H,12-13H2,1-6H3. The summed E-state index contributed by atoms with van der Waals surface area (Å²) < 4.78 is 2.61. The molecule has 0 bridgehead atoms. The molecule has 1 unspecified atom stereocenters. The topological polar surface area (TPSA) is 90.1 Å². The van der Waals surface area contributed by atoms with Gasteiger partial charge in [0.25, 0.3) is 5.56 Å². The second-order valence-electron chi connectivity index (χ2n) is 8.37. The van der Waals surface area contributed by atoms with E-state index in [2.05, 4.69) is 9.97 Å². The van der Waals surface area contributed by atoms with Crippen LogP contribution in [-0.4, -0.2) is 42.2 Å². The lowest BCUT2D eigenvalue weighted by Crippen LogP contribution is -2.40. The van der Waals surface area contributed by atoms with Crippen LogP contribution in [-0.2, 0) is 24.9 Å². The van der Waals surface area contributed by atoms with Gasteiger partial charge in [0.05, 0.1) is 5.25 Å². The van der Waals surface area contributed by atoms with E-state index in [1.807, 2.05) is 44.2 Å². The fourth-order valence-corrected chi connectivity index (χ4v) is 4.62. The quantitative estimate of drug-likeness (QED) is 0.402. The van der Waals surface area contributed by atoms with Crippen molar-refractivity contribution in [2.24, 2.45) is 13.0 Å². The van der Waals surface area contributed by atoms with Crippen LogP contribution in [0.3, 0.4) is 0 Å². The summed E-state index contributed by atoms with van der Waals surface area (Å²) in [5.74, 6) is 0.560. The Bertz CT molecular complexity index is 1250. The molecule has 8 nitrogen and oxygen atoms in total. The zero-order chi connectivity index (χ0) is 23.6. The van der Waals surface area contributed by atoms with Crippen LogP contribution in [0, 0.1) is 12.8 Å². The van der Waals surface area contributed by atoms with E-state index in [-0.39, 0.29) is 17.2 Å². The van der Waals surface area contributed by atoms with Crippen molar-refractivity contribution in [3.05, 3.63) is 62.6 Å². The molecule has 0 aliphatic carbocycles. The minimum atomic E-state index is -0.476. The maximum atomic E-state index is 13.0. The van der Waals surface area contributed by atoms with E-state index in [1.165, 1.54) is 23.4 Å². The number of hydrogen-bond acceptors (Lipinski definition) is 6. The molecule has 0 radical (unpaired) electrons. The first-order valence-electron chi connectivity index (χ1n) is 10.5. The molecule has 0 saturated carbocycles. The van der Waals surface area contributed by atoms with Crippen molar-refractivity contribution in [2.75, 3.05) is 7.05 Å². The number of nitrogens with zero attached hydrogens (tertiary/aromatic N) is 5. The van der Waals surface area contributed by atoms with Gasteiger partial charge in [-0.15, -0.1) is 0 Å². The van der Waals surface area contributed by atoms with E-state index in [0.717, 1.165) is 10.1 Å². The van der Waals surface area contributed by atoms with Crippen LogP contribution in [0.5, 0.6) is 0 Å². The molecule has 3 aromatic rings. The highest BCUT2D eigenvalue weighted by Crippen LogP contribution is 2.27. The van der Waals surface area contributed by atoms with Crippen molar-refractivity contribution in [3.8, 4) is 0 Å². The third-order valence-electron chi connectivity index (χ3n) is 5.08. The Balaban J connectivity index is 1.99. The molecule has 9 heteroatoms. The number of thioether (sulfide) groups is 1. The Morgan fingerprint density at radius 3 is 2.41 bits per heavy atom. The number of amides is 1. The Morgan fingerprint density at radius 1 is 1.12 bits per heavy atom. The van der Waals surface area contributed by atoms with Crippen molar-refractivity contribution >= 4 is 28.7 Å². The van der Waals surface area contributed by atoms with Crippen molar-refractivity contribution in [3.63, 3.8) is 0 Å². The molecule has 2 aromatic heterocycles. The third kappa shape index (κ3) is 4.93. The fourth-order valence-electron chi connectivity index (χ4n) is 3.52. The second-order valence-corrected chi connectivity index (χ2v) is 9.70. The van der Waals surface area contributed by atoms with Gasteiger partial charge in [-0.3, -0.25) is 18.7 Å². The van der Waals surface area contributed by atoms with Gasteiger partial charge in [-0.25, -0.2) is 14.8 Å². The monoisotopic (exact) mass is 455 g/mol. The Morgan fingerprint density at radius 2 is 1.78 bits per heavy atom. The van der Waals surface area contributed by atoms with Gasteiger partial charge in [-0.05, 0) is 25.3 Å². The number of rotatable bonds is 7. The molecular formula is C23H29N5O3S. The van der Waals surface area contributed by atoms with Gasteiger partial charge in [-0.1, -0.05) is 55.9 Å². The summed E-state index contributed by atoms with van der Waals surface area (Å²) in [5.41, 5.74) is 0.497. The van der Waals surface area contributed by atoms with Crippen LogP contribution in [0.25, 0.3) is 11.0 Å². The van der Waals surface area contributed by atoms with Gasteiger partial charge >= 0.3 is 5.69 Å². The summed E-state index contributed by atoms with van der Waals surface area (Å²) in [4.78, 5) is 49.3. The van der Waals surface area contributed by atoms with Gasteiger partial charge < -0.3 is 4.90 Å². The molecule has 2 heterocycles. The highest BCUT2D eigenvalue weighted by atomic mass is 32.2. The van der Waals surface area contributed by atoms with Crippen LogP contribution in [0.15, 0.2) is 44.9 Å². The van der Waals surface area contributed by atoms with Crippen LogP contribution in [0.2, 0.25) is 0 Å². The minimum absolute atomic E-state index is 0.0735. The lowest BCUT2D eigenvalue weighted by molar-refractivity contribution is -0.129. The highest BCUT2D eigenvalue weighted by molar-refractivity contribution is 8.00. The van der Waals surface area contributed by atoms with E-state index in [0.29, 0.717) is 29.6 Å². The molecule has 0 saturated heterocycles. The van der Waals surface area contributed by atoms with Gasteiger partial charge in [-0.2, -0.15) is 0 Å². The molecule has 1 amide bonds. The SMILES string of the molecule is Cc1nc(SC(C)C(=O)N(C)Cc2ccccc2)c2c(=O)n(C)c(=O)n(CC(C)C)c2n1. The predicted molar refractivity (Wildman–Crippen MR) is 127 cm³/mol. The van der Waals surface area contributed by atoms with Crippen LogP contribution >= 0.6 is 11.8 Å². The Kier molecular flexibility index (Phi) is 7.18.